The number of imidazole rings is 1. The standard InChI is InChI=1S/C20H26N4O.C2HF3O2/c1-14-15(2)23-20(22-14)19-11-17(3-7-21-19)18-4-8-24(13-18)12-16-5-9-25-10-6-16;3-2(4,5)1(6)7/h3-4,7,11,16H,5-6,8-10,12-13H2,1-2H3,(H,22,23);(H,6,7). The first kappa shape index (κ1) is 23.9. The second-order valence-corrected chi connectivity index (χ2v) is 8.01. The monoisotopic (exact) mass is 452 g/mol. The number of carboxylic acid groups (broad SMARTS) is 1. The Morgan fingerprint density at radius 2 is 2.00 bits per heavy atom. The number of carboxylic acids is 1. The summed E-state index contributed by atoms with van der Waals surface area (Å²) in [6.07, 6.45) is 1.56. The highest BCUT2D eigenvalue weighted by Crippen LogP contribution is 2.26. The molecule has 2 aliphatic rings. The minimum absolute atomic E-state index is 0.781. The van der Waals surface area contributed by atoms with E-state index in [1.165, 1.54) is 30.5 Å². The van der Waals surface area contributed by atoms with Gasteiger partial charge in [-0.05, 0) is 55.9 Å². The first-order valence-corrected chi connectivity index (χ1v) is 10.4. The van der Waals surface area contributed by atoms with Gasteiger partial charge in [0.05, 0.1) is 5.69 Å². The van der Waals surface area contributed by atoms with Gasteiger partial charge in [-0.25, -0.2) is 9.78 Å². The Balaban J connectivity index is 0.000000360. The molecule has 2 aliphatic heterocycles. The van der Waals surface area contributed by atoms with E-state index in [0.29, 0.717) is 0 Å². The smallest absolute Gasteiger partial charge is 0.475 e. The highest BCUT2D eigenvalue weighted by Gasteiger charge is 2.38. The van der Waals surface area contributed by atoms with Gasteiger partial charge in [-0.3, -0.25) is 9.88 Å². The highest BCUT2D eigenvalue weighted by atomic mass is 19.4. The summed E-state index contributed by atoms with van der Waals surface area (Å²) >= 11 is 0. The van der Waals surface area contributed by atoms with Gasteiger partial charge in [-0.15, -0.1) is 0 Å². The zero-order valence-corrected chi connectivity index (χ0v) is 18.1. The molecule has 7 nitrogen and oxygen atoms in total. The molecule has 10 heteroatoms. The van der Waals surface area contributed by atoms with Gasteiger partial charge >= 0.3 is 12.1 Å². The fourth-order valence-corrected chi connectivity index (χ4v) is 3.68. The number of nitrogens with zero attached hydrogens (tertiary/aromatic N) is 3. The number of nitrogens with one attached hydrogen (secondary N) is 1. The van der Waals surface area contributed by atoms with E-state index in [2.05, 4.69) is 38.1 Å². The average molecular weight is 452 g/mol. The van der Waals surface area contributed by atoms with Gasteiger partial charge in [-0.2, -0.15) is 13.2 Å². The zero-order chi connectivity index (χ0) is 23.3. The van der Waals surface area contributed by atoms with Crippen molar-refractivity contribution in [3.05, 3.63) is 41.4 Å². The molecule has 32 heavy (non-hydrogen) atoms. The van der Waals surface area contributed by atoms with Crippen molar-refractivity contribution in [2.24, 2.45) is 5.92 Å². The topological polar surface area (TPSA) is 91.3 Å². The van der Waals surface area contributed by atoms with Crippen LogP contribution >= 0.6 is 0 Å². The van der Waals surface area contributed by atoms with Crippen molar-refractivity contribution in [2.75, 3.05) is 32.8 Å². The number of halogens is 3. The number of hydrogen-bond donors (Lipinski definition) is 2. The predicted molar refractivity (Wildman–Crippen MR) is 113 cm³/mol. The minimum Gasteiger partial charge on any atom is -0.475 e. The van der Waals surface area contributed by atoms with Crippen LogP contribution in [0.5, 0.6) is 0 Å². The molecule has 2 aromatic heterocycles. The first-order valence-electron chi connectivity index (χ1n) is 10.4. The molecule has 4 rings (SSSR count). The normalized spacial score (nSPS) is 17.6. The van der Waals surface area contributed by atoms with Crippen molar-refractivity contribution < 1.29 is 27.8 Å². The summed E-state index contributed by atoms with van der Waals surface area (Å²) in [5.41, 5.74) is 5.70. The third kappa shape index (κ3) is 6.39. The molecule has 2 aromatic rings. The lowest BCUT2D eigenvalue weighted by Crippen LogP contribution is -2.31. The molecule has 0 aliphatic carbocycles. The lowest BCUT2D eigenvalue weighted by atomic mass is 10.00. The summed E-state index contributed by atoms with van der Waals surface area (Å²) < 4.78 is 37.2. The number of aliphatic carboxylic acids is 1. The van der Waals surface area contributed by atoms with Crippen LogP contribution in [-0.2, 0) is 9.53 Å². The third-order valence-corrected chi connectivity index (χ3v) is 5.59. The maximum absolute atomic E-state index is 10.6. The van der Waals surface area contributed by atoms with Crippen molar-refractivity contribution in [3.63, 3.8) is 0 Å². The van der Waals surface area contributed by atoms with Crippen LogP contribution in [0.2, 0.25) is 0 Å². The van der Waals surface area contributed by atoms with Crippen LogP contribution in [0.4, 0.5) is 13.2 Å². The van der Waals surface area contributed by atoms with Crippen LogP contribution in [0, 0.1) is 19.8 Å². The number of carbonyl (C=O) groups is 1. The SMILES string of the molecule is Cc1nc(-c2cc(C3=CCN(CC4CCOCC4)C3)ccn2)[nH]c1C.O=C(O)C(F)(F)F. The van der Waals surface area contributed by atoms with E-state index >= 15 is 0 Å². The number of alkyl halides is 3. The van der Waals surface area contributed by atoms with Gasteiger partial charge in [0.25, 0.3) is 0 Å². The Kier molecular flexibility index (Phi) is 7.68. The lowest BCUT2D eigenvalue weighted by Gasteiger charge is -2.27. The maximum atomic E-state index is 10.6. The van der Waals surface area contributed by atoms with E-state index in [0.717, 1.165) is 55.1 Å². The van der Waals surface area contributed by atoms with E-state index in [1.54, 1.807) is 0 Å². The molecular weight excluding hydrogens is 425 g/mol. The Morgan fingerprint density at radius 3 is 2.59 bits per heavy atom. The molecule has 0 unspecified atom stereocenters. The molecule has 1 fully saturated rings. The van der Waals surface area contributed by atoms with E-state index in [-0.39, 0.29) is 0 Å². The number of pyridine rings is 1. The highest BCUT2D eigenvalue weighted by molar-refractivity contribution is 5.73. The summed E-state index contributed by atoms with van der Waals surface area (Å²) in [5.74, 6) is -1.12. The van der Waals surface area contributed by atoms with Gasteiger partial charge in [0.1, 0.15) is 5.69 Å². The van der Waals surface area contributed by atoms with Gasteiger partial charge in [0.15, 0.2) is 5.82 Å². The number of aromatic nitrogens is 3. The Morgan fingerprint density at radius 1 is 1.31 bits per heavy atom. The van der Waals surface area contributed by atoms with Crippen LogP contribution in [-0.4, -0.2) is 70.0 Å². The molecule has 174 valence electrons. The molecule has 0 aromatic carbocycles. The number of aryl methyl sites for hydroxylation is 2. The molecule has 0 bridgehead atoms. The maximum Gasteiger partial charge on any atom is 0.490 e. The summed E-state index contributed by atoms with van der Waals surface area (Å²) in [6.45, 7) is 9.16. The summed E-state index contributed by atoms with van der Waals surface area (Å²) in [7, 11) is 0. The van der Waals surface area contributed by atoms with E-state index in [1.807, 2.05) is 20.0 Å². The number of aromatic amines is 1. The fourth-order valence-electron chi connectivity index (χ4n) is 3.68. The van der Waals surface area contributed by atoms with E-state index < -0.39 is 12.1 Å². The largest absolute Gasteiger partial charge is 0.490 e. The number of H-pyrrole nitrogens is 1. The van der Waals surface area contributed by atoms with Crippen molar-refractivity contribution in [2.45, 2.75) is 32.9 Å². The predicted octanol–water partition coefficient (Wildman–Crippen LogP) is 3.85. The van der Waals surface area contributed by atoms with Crippen molar-refractivity contribution in [1.29, 1.82) is 0 Å². The zero-order valence-electron chi connectivity index (χ0n) is 18.1. The molecule has 0 amide bonds. The van der Waals surface area contributed by atoms with Crippen LogP contribution in [0.3, 0.4) is 0 Å². The number of rotatable bonds is 4. The third-order valence-electron chi connectivity index (χ3n) is 5.59. The van der Waals surface area contributed by atoms with Crippen LogP contribution in [0.1, 0.15) is 29.8 Å². The molecule has 0 radical (unpaired) electrons. The van der Waals surface area contributed by atoms with Crippen molar-refractivity contribution >= 4 is 11.5 Å². The second-order valence-electron chi connectivity index (χ2n) is 8.01. The van der Waals surface area contributed by atoms with Crippen molar-refractivity contribution in [1.82, 2.24) is 19.9 Å². The Hall–Kier alpha value is -2.72. The second kappa shape index (κ2) is 10.3. The molecule has 4 heterocycles. The lowest BCUT2D eigenvalue weighted by molar-refractivity contribution is -0.192. The Labute approximate surface area is 184 Å². The number of ether oxygens (including phenoxy) is 1. The summed E-state index contributed by atoms with van der Waals surface area (Å²) in [4.78, 5) is 23.9. The minimum atomic E-state index is -5.08. The van der Waals surface area contributed by atoms with Gasteiger partial charge in [0.2, 0.25) is 0 Å². The van der Waals surface area contributed by atoms with Gasteiger partial charge < -0.3 is 14.8 Å². The molecular formula is C22H27F3N4O3. The molecule has 0 saturated carbocycles. The average Bonchev–Trinajstić information content (AvgIpc) is 3.35. The molecule has 0 atom stereocenters. The van der Waals surface area contributed by atoms with Crippen LogP contribution in [0.15, 0.2) is 24.4 Å². The van der Waals surface area contributed by atoms with Gasteiger partial charge in [0, 0.05) is 44.7 Å². The quantitative estimate of drug-likeness (QED) is 0.732. The molecule has 0 spiro atoms. The first-order chi connectivity index (χ1) is 15.1. The fraction of sp³-hybridized carbons (Fsp3) is 0.500. The Bertz CT molecular complexity index is 946. The summed E-state index contributed by atoms with van der Waals surface area (Å²) in [5, 5.41) is 7.12. The van der Waals surface area contributed by atoms with Crippen LogP contribution in [0.25, 0.3) is 17.1 Å². The van der Waals surface area contributed by atoms with Crippen LogP contribution < -0.4 is 0 Å². The molecule has 1 saturated heterocycles. The van der Waals surface area contributed by atoms with Gasteiger partial charge in [-0.1, -0.05) is 6.08 Å². The summed E-state index contributed by atoms with van der Waals surface area (Å²) in [6, 6.07) is 4.26. The molecule has 2 N–H and O–H groups in total. The van der Waals surface area contributed by atoms with Crippen molar-refractivity contribution in [3.8, 4) is 11.5 Å². The van der Waals surface area contributed by atoms with E-state index in [4.69, 9.17) is 14.6 Å². The number of hydrogen-bond acceptors (Lipinski definition) is 5. The van der Waals surface area contributed by atoms with E-state index in [9.17, 15) is 13.2 Å².